The molecule has 0 saturated heterocycles. The van der Waals surface area contributed by atoms with Crippen LogP contribution < -0.4 is 16.0 Å². The SMILES string of the molecule is COc1ccc(Cl)cc1CC(CCC1CCCC1)NN. The molecule has 0 amide bonds. The Morgan fingerprint density at radius 3 is 2.80 bits per heavy atom. The van der Waals surface area contributed by atoms with Crippen molar-refractivity contribution in [1.29, 1.82) is 0 Å². The van der Waals surface area contributed by atoms with Crippen molar-refractivity contribution in [3.05, 3.63) is 28.8 Å². The summed E-state index contributed by atoms with van der Waals surface area (Å²) in [5.74, 6) is 7.49. The van der Waals surface area contributed by atoms with Gasteiger partial charge in [-0.2, -0.15) is 0 Å². The lowest BCUT2D eigenvalue weighted by Crippen LogP contribution is -2.37. The topological polar surface area (TPSA) is 47.3 Å². The number of nitrogens with two attached hydrogens (primary N) is 1. The quantitative estimate of drug-likeness (QED) is 0.596. The summed E-state index contributed by atoms with van der Waals surface area (Å²) in [4.78, 5) is 0. The predicted molar refractivity (Wildman–Crippen MR) is 84.0 cm³/mol. The van der Waals surface area contributed by atoms with E-state index in [0.29, 0.717) is 0 Å². The molecule has 3 nitrogen and oxygen atoms in total. The highest BCUT2D eigenvalue weighted by Gasteiger charge is 2.18. The Kier molecular flexibility index (Phi) is 6.14. The average molecular weight is 297 g/mol. The molecule has 1 aromatic carbocycles. The smallest absolute Gasteiger partial charge is 0.122 e. The number of benzene rings is 1. The summed E-state index contributed by atoms with van der Waals surface area (Å²) in [6, 6.07) is 6.03. The van der Waals surface area contributed by atoms with E-state index in [2.05, 4.69) is 5.43 Å². The maximum absolute atomic E-state index is 6.07. The number of rotatable bonds is 7. The zero-order valence-electron chi connectivity index (χ0n) is 12.2. The van der Waals surface area contributed by atoms with Crippen LogP contribution in [0.4, 0.5) is 0 Å². The minimum atomic E-state index is 0.281. The maximum atomic E-state index is 6.07. The lowest BCUT2D eigenvalue weighted by atomic mass is 9.95. The minimum absolute atomic E-state index is 0.281. The lowest BCUT2D eigenvalue weighted by molar-refractivity contribution is 0.388. The van der Waals surface area contributed by atoms with Gasteiger partial charge in [0.2, 0.25) is 0 Å². The van der Waals surface area contributed by atoms with Crippen molar-refractivity contribution in [2.24, 2.45) is 11.8 Å². The molecule has 3 N–H and O–H groups in total. The van der Waals surface area contributed by atoms with Crippen LogP contribution in [-0.2, 0) is 6.42 Å². The van der Waals surface area contributed by atoms with Crippen LogP contribution in [0.25, 0.3) is 0 Å². The number of methoxy groups -OCH3 is 1. The van der Waals surface area contributed by atoms with Crippen LogP contribution in [0.5, 0.6) is 5.75 Å². The van der Waals surface area contributed by atoms with Gasteiger partial charge < -0.3 is 4.74 Å². The molecule has 0 radical (unpaired) electrons. The van der Waals surface area contributed by atoms with Crippen molar-refractivity contribution in [2.75, 3.05) is 7.11 Å². The molecule has 1 aliphatic rings. The third-order valence-electron chi connectivity index (χ3n) is 4.34. The Hall–Kier alpha value is -0.770. The van der Waals surface area contributed by atoms with Gasteiger partial charge in [-0.25, -0.2) is 0 Å². The molecule has 1 saturated carbocycles. The minimum Gasteiger partial charge on any atom is -0.496 e. The first-order valence-electron chi connectivity index (χ1n) is 7.51. The zero-order chi connectivity index (χ0) is 14.4. The van der Waals surface area contributed by atoms with Gasteiger partial charge in [0.1, 0.15) is 5.75 Å². The molecule has 1 fully saturated rings. The molecule has 0 spiro atoms. The van der Waals surface area contributed by atoms with Crippen molar-refractivity contribution >= 4 is 11.6 Å². The fourth-order valence-corrected chi connectivity index (χ4v) is 3.35. The van der Waals surface area contributed by atoms with E-state index < -0.39 is 0 Å². The summed E-state index contributed by atoms with van der Waals surface area (Å²) >= 11 is 6.07. The van der Waals surface area contributed by atoms with Crippen molar-refractivity contribution in [3.8, 4) is 5.75 Å². The summed E-state index contributed by atoms with van der Waals surface area (Å²) in [6.07, 6.45) is 8.79. The molecule has 1 unspecified atom stereocenters. The third kappa shape index (κ3) is 4.37. The normalized spacial score (nSPS) is 17.4. The Bertz CT molecular complexity index is 419. The van der Waals surface area contributed by atoms with Gasteiger partial charge >= 0.3 is 0 Å². The van der Waals surface area contributed by atoms with Crippen molar-refractivity contribution in [2.45, 2.75) is 51.0 Å². The summed E-state index contributed by atoms with van der Waals surface area (Å²) in [5.41, 5.74) is 4.07. The van der Waals surface area contributed by atoms with Gasteiger partial charge in [-0.05, 0) is 48.9 Å². The number of ether oxygens (including phenoxy) is 1. The molecular weight excluding hydrogens is 272 g/mol. The molecule has 0 aliphatic heterocycles. The predicted octanol–water partition coefficient (Wildman–Crippen LogP) is 3.69. The van der Waals surface area contributed by atoms with E-state index in [1.807, 2.05) is 18.2 Å². The van der Waals surface area contributed by atoms with E-state index in [1.165, 1.54) is 32.1 Å². The Morgan fingerprint density at radius 2 is 2.15 bits per heavy atom. The second kappa shape index (κ2) is 7.87. The summed E-state index contributed by atoms with van der Waals surface area (Å²) in [5, 5.41) is 0.743. The van der Waals surface area contributed by atoms with Crippen molar-refractivity contribution < 1.29 is 4.74 Å². The largest absolute Gasteiger partial charge is 0.496 e. The average Bonchev–Trinajstić information content (AvgIpc) is 2.97. The maximum Gasteiger partial charge on any atom is 0.122 e. The van der Waals surface area contributed by atoms with Gasteiger partial charge in [0.25, 0.3) is 0 Å². The number of hydrogen-bond acceptors (Lipinski definition) is 3. The van der Waals surface area contributed by atoms with Gasteiger partial charge in [0, 0.05) is 11.1 Å². The van der Waals surface area contributed by atoms with E-state index in [9.17, 15) is 0 Å². The lowest BCUT2D eigenvalue weighted by Gasteiger charge is -2.19. The Morgan fingerprint density at radius 1 is 1.40 bits per heavy atom. The number of hydrogen-bond donors (Lipinski definition) is 2. The summed E-state index contributed by atoms with van der Waals surface area (Å²) in [6.45, 7) is 0. The Labute approximate surface area is 126 Å². The molecule has 4 heteroatoms. The molecule has 1 aromatic rings. The fraction of sp³-hybridized carbons (Fsp3) is 0.625. The summed E-state index contributed by atoms with van der Waals surface area (Å²) in [7, 11) is 1.69. The molecule has 1 aliphatic carbocycles. The molecule has 0 bridgehead atoms. The molecule has 0 heterocycles. The van der Waals surface area contributed by atoms with Crippen LogP contribution in [-0.4, -0.2) is 13.2 Å². The first-order chi connectivity index (χ1) is 9.72. The molecule has 0 aromatic heterocycles. The van der Waals surface area contributed by atoms with E-state index in [4.69, 9.17) is 22.2 Å². The van der Waals surface area contributed by atoms with Crippen LogP contribution in [0.1, 0.15) is 44.1 Å². The fourth-order valence-electron chi connectivity index (χ4n) is 3.15. The molecular formula is C16H25ClN2O. The number of halogens is 1. The molecule has 112 valence electrons. The number of hydrazine groups is 1. The van der Waals surface area contributed by atoms with Crippen molar-refractivity contribution in [1.82, 2.24) is 5.43 Å². The van der Waals surface area contributed by atoms with E-state index in [-0.39, 0.29) is 6.04 Å². The highest BCUT2D eigenvalue weighted by atomic mass is 35.5. The van der Waals surface area contributed by atoms with Gasteiger partial charge in [0.05, 0.1) is 7.11 Å². The van der Waals surface area contributed by atoms with Crippen LogP contribution in [0, 0.1) is 5.92 Å². The van der Waals surface area contributed by atoms with Gasteiger partial charge in [-0.15, -0.1) is 0 Å². The van der Waals surface area contributed by atoms with E-state index in [0.717, 1.165) is 35.1 Å². The molecule has 2 rings (SSSR count). The van der Waals surface area contributed by atoms with Crippen LogP contribution >= 0.6 is 11.6 Å². The van der Waals surface area contributed by atoms with Gasteiger partial charge in [-0.3, -0.25) is 11.3 Å². The third-order valence-corrected chi connectivity index (χ3v) is 4.58. The summed E-state index contributed by atoms with van der Waals surface area (Å²) < 4.78 is 5.40. The van der Waals surface area contributed by atoms with E-state index >= 15 is 0 Å². The van der Waals surface area contributed by atoms with Crippen LogP contribution in [0.2, 0.25) is 5.02 Å². The first-order valence-corrected chi connectivity index (χ1v) is 7.89. The van der Waals surface area contributed by atoms with Gasteiger partial charge in [-0.1, -0.05) is 37.3 Å². The standard InChI is InChI=1S/C16H25ClN2O/c1-20-16-9-7-14(17)10-13(16)11-15(19-18)8-6-12-4-2-3-5-12/h7,9-10,12,15,19H,2-6,8,11,18H2,1H3. The second-order valence-electron chi connectivity index (χ2n) is 5.75. The highest BCUT2D eigenvalue weighted by molar-refractivity contribution is 6.30. The van der Waals surface area contributed by atoms with Crippen molar-refractivity contribution in [3.63, 3.8) is 0 Å². The van der Waals surface area contributed by atoms with Crippen LogP contribution in [0.15, 0.2) is 18.2 Å². The Balaban J connectivity index is 1.92. The number of nitrogens with one attached hydrogen (secondary N) is 1. The first kappa shape index (κ1) is 15.6. The van der Waals surface area contributed by atoms with Gasteiger partial charge in [0.15, 0.2) is 0 Å². The van der Waals surface area contributed by atoms with E-state index in [1.54, 1.807) is 7.11 Å². The molecule has 1 atom stereocenters. The second-order valence-corrected chi connectivity index (χ2v) is 6.19. The van der Waals surface area contributed by atoms with Crippen LogP contribution in [0.3, 0.4) is 0 Å². The molecule has 20 heavy (non-hydrogen) atoms. The zero-order valence-corrected chi connectivity index (χ0v) is 13.0. The monoisotopic (exact) mass is 296 g/mol. The highest BCUT2D eigenvalue weighted by Crippen LogP contribution is 2.30.